The highest BCUT2D eigenvalue weighted by atomic mass is 16.5. The van der Waals surface area contributed by atoms with E-state index in [0.717, 1.165) is 62.3 Å². The van der Waals surface area contributed by atoms with Crippen LogP contribution in [-0.2, 0) is 11.3 Å². The number of benzene rings is 1. The van der Waals surface area contributed by atoms with Gasteiger partial charge >= 0.3 is 0 Å². The van der Waals surface area contributed by atoms with Gasteiger partial charge in [-0.3, -0.25) is 4.79 Å². The van der Waals surface area contributed by atoms with Crippen LogP contribution >= 0.6 is 0 Å². The maximum atomic E-state index is 12.7. The second kappa shape index (κ2) is 12.4. The molecule has 0 amide bonds. The van der Waals surface area contributed by atoms with Gasteiger partial charge in [0.05, 0.1) is 19.7 Å². The molecule has 0 spiro atoms. The van der Waals surface area contributed by atoms with Gasteiger partial charge in [0.2, 0.25) is 0 Å². The number of ether oxygens (including phenoxy) is 2. The van der Waals surface area contributed by atoms with Crippen molar-refractivity contribution in [2.24, 2.45) is 5.92 Å². The molecule has 2 heterocycles. The van der Waals surface area contributed by atoms with Gasteiger partial charge in [-0.25, -0.2) is 0 Å². The molecule has 2 aliphatic rings. The number of hydrogen-bond acceptors (Lipinski definition) is 4. The third-order valence-electron chi connectivity index (χ3n) is 6.28. The first-order valence-corrected chi connectivity index (χ1v) is 12.2. The quantitative estimate of drug-likeness (QED) is 0.475. The lowest BCUT2D eigenvalue weighted by atomic mass is 10.0. The summed E-state index contributed by atoms with van der Waals surface area (Å²) in [5.41, 5.74) is 4.23. The second-order valence-electron chi connectivity index (χ2n) is 8.98. The van der Waals surface area contributed by atoms with Crippen molar-refractivity contribution in [3.05, 3.63) is 87.4 Å². The van der Waals surface area contributed by atoms with E-state index in [0.29, 0.717) is 31.4 Å². The Morgan fingerprint density at radius 3 is 2.71 bits per heavy atom. The number of nitrogens with zero attached hydrogens (tertiary/aromatic N) is 1. The lowest BCUT2D eigenvalue weighted by Gasteiger charge is -2.22. The van der Waals surface area contributed by atoms with Gasteiger partial charge in [-0.2, -0.15) is 0 Å². The average molecular weight is 459 g/mol. The van der Waals surface area contributed by atoms with E-state index in [1.807, 2.05) is 37.3 Å². The van der Waals surface area contributed by atoms with Crippen LogP contribution in [0.2, 0.25) is 0 Å². The van der Waals surface area contributed by atoms with Gasteiger partial charge in [0.1, 0.15) is 5.75 Å². The topological polar surface area (TPSA) is 52.5 Å². The smallest absolute Gasteiger partial charge is 0.254 e. The number of aryl methyl sites for hydroxylation is 1. The molecule has 0 radical (unpaired) electrons. The van der Waals surface area contributed by atoms with Crippen molar-refractivity contribution in [3.8, 4) is 17.6 Å². The third-order valence-corrected chi connectivity index (χ3v) is 6.28. The van der Waals surface area contributed by atoms with Crippen LogP contribution in [0.3, 0.4) is 0 Å². The summed E-state index contributed by atoms with van der Waals surface area (Å²) < 4.78 is 13.1. The molecule has 1 aromatic heterocycles. The number of aromatic nitrogens is 1. The molecule has 1 saturated heterocycles. The predicted octanol–water partition coefficient (Wildman–Crippen LogP) is 4.23. The standard InChI is InChI=1S/C29H34N2O3/c1-23-18-28(34-22-27-13-16-33-17-14-27)19-29(32)31(23)21-26-11-9-24(10-12-26)8-5-15-30-20-25-6-3-2-4-7-25/h3,6-7,9-12,18-19,27,30H,2,4,13-17,20-22H2,1H3. The molecule has 0 unspecified atom stereocenters. The van der Waals surface area contributed by atoms with Crippen LogP contribution < -0.4 is 15.6 Å². The van der Waals surface area contributed by atoms with Gasteiger partial charge < -0.3 is 19.4 Å². The fraction of sp³-hybridized carbons (Fsp3) is 0.414. The van der Waals surface area contributed by atoms with Crippen LogP contribution in [0.5, 0.6) is 5.75 Å². The molecule has 4 rings (SSSR count). The maximum absolute atomic E-state index is 12.7. The summed E-state index contributed by atoms with van der Waals surface area (Å²) in [4.78, 5) is 12.7. The zero-order valence-corrected chi connectivity index (χ0v) is 20.0. The highest BCUT2D eigenvalue weighted by Gasteiger charge is 2.15. The lowest BCUT2D eigenvalue weighted by molar-refractivity contribution is 0.0497. The largest absolute Gasteiger partial charge is 0.493 e. The molecule has 0 atom stereocenters. The van der Waals surface area contributed by atoms with Gasteiger partial charge in [-0.05, 0) is 67.9 Å². The summed E-state index contributed by atoms with van der Waals surface area (Å²) in [6.45, 7) is 6.23. The zero-order valence-electron chi connectivity index (χ0n) is 20.0. The third kappa shape index (κ3) is 7.21. The molecule has 0 saturated carbocycles. The van der Waals surface area contributed by atoms with Gasteiger partial charge in [-0.1, -0.05) is 42.2 Å². The summed E-state index contributed by atoms with van der Waals surface area (Å²) in [6.07, 6.45) is 11.0. The summed E-state index contributed by atoms with van der Waals surface area (Å²) in [7, 11) is 0. The Kier molecular flexibility index (Phi) is 8.78. The summed E-state index contributed by atoms with van der Waals surface area (Å²) in [5, 5.41) is 3.37. The van der Waals surface area contributed by atoms with Gasteiger partial charge in [0, 0.05) is 37.1 Å². The minimum absolute atomic E-state index is 0.0418. The average Bonchev–Trinajstić information content (AvgIpc) is 2.87. The lowest BCUT2D eigenvalue weighted by Crippen LogP contribution is -2.24. The van der Waals surface area contributed by atoms with Crippen LogP contribution in [0.4, 0.5) is 0 Å². The number of rotatable bonds is 8. The molecule has 0 bridgehead atoms. The van der Waals surface area contributed by atoms with E-state index in [2.05, 4.69) is 35.4 Å². The minimum Gasteiger partial charge on any atom is -0.493 e. The Hall–Kier alpha value is -3.07. The molecule has 2 aromatic rings. The Bertz CT molecular complexity index is 1130. The zero-order chi connectivity index (χ0) is 23.6. The van der Waals surface area contributed by atoms with Crippen molar-refractivity contribution in [3.63, 3.8) is 0 Å². The van der Waals surface area contributed by atoms with E-state index in [4.69, 9.17) is 9.47 Å². The van der Waals surface area contributed by atoms with E-state index in [9.17, 15) is 4.79 Å². The fourth-order valence-electron chi connectivity index (χ4n) is 4.20. The molecule has 178 valence electrons. The Labute approximate surface area is 202 Å². The van der Waals surface area contributed by atoms with Crippen molar-refractivity contribution in [1.29, 1.82) is 0 Å². The van der Waals surface area contributed by atoms with Crippen LogP contribution in [-0.4, -0.2) is 37.5 Å². The molecule has 34 heavy (non-hydrogen) atoms. The van der Waals surface area contributed by atoms with Crippen LogP contribution in [0.25, 0.3) is 0 Å². The van der Waals surface area contributed by atoms with E-state index in [-0.39, 0.29) is 5.56 Å². The second-order valence-corrected chi connectivity index (χ2v) is 8.98. The van der Waals surface area contributed by atoms with E-state index < -0.39 is 0 Å². The van der Waals surface area contributed by atoms with E-state index in [1.54, 1.807) is 10.6 Å². The summed E-state index contributed by atoms with van der Waals surface area (Å²) in [5.74, 6) is 7.54. The fourth-order valence-corrected chi connectivity index (χ4v) is 4.20. The molecule has 5 nitrogen and oxygen atoms in total. The molecule has 1 fully saturated rings. The maximum Gasteiger partial charge on any atom is 0.254 e. The first kappa shape index (κ1) is 24.1. The number of hydrogen-bond donors (Lipinski definition) is 1. The van der Waals surface area contributed by atoms with Crippen LogP contribution in [0.1, 0.15) is 42.5 Å². The minimum atomic E-state index is -0.0418. The monoisotopic (exact) mass is 458 g/mol. The summed E-state index contributed by atoms with van der Waals surface area (Å²) >= 11 is 0. The summed E-state index contributed by atoms with van der Waals surface area (Å²) in [6, 6.07) is 11.7. The molecule has 1 aliphatic heterocycles. The SMILES string of the molecule is Cc1cc(OCC2CCOCC2)cc(=O)n1Cc1ccc(C#CCNCC2=CCCC=C2)cc1. The first-order chi connectivity index (χ1) is 16.7. The van der Waals surface area contributed by atoms with Crippen molar-refractivity contribution in [1.82, 2.24) is 9.88 Å². The highest BCUT2D eigenvalue weighted by Crippen LogP contribution is 2.18. The van der Waals surface area contributed by atoms with Crippen molar-refractivity contribution in [2.75, 3.05) is 32.9 Å². The highest BCUT2D eigenvalue weighted by molar-refractivity contribution is 5.37. The van der Waals surface area contributed by atoms with Crippen molar-refractivity contribution >= 4 is 0 Å². The number of allylic oxidation sites excluding steroid dienone is 2. The number of pyridine rings is 1. The van der Waals surface area contributed by atoms with Gasteiger partial charge in [-0.15, -0.1) is 0 Å². The Balaban J connectivity index is 1.28. The Morgan fingerprint density at radius 2 is 1.97 bits per heavy atom. The molecule has 1 N–H and O–H groups in total. The van der Waals surface area contributed by atoms with Crippen LogP contribution in [0.15, 0.2) is 65.0 Å². The molecular formula is C29H34N2O3. The number of nitrogens with one attached hydrogen (secondary N) is 1. The van der Waals surface area contributed by atoms with Gasteiger partial charge in [0.25, 0.3) is 5.56 Å². The van der Waals surface area contributed by atoms with Crippen LogP contribution in [0, 0.1) is 24.7 Å². The van der Waals surface area contributed by atoms with E-state index >= 15 is 0 Å². The molecular weight excluding hydrogens is 424 g/mol. The van der Waals surface area contributed by atoms with Crippen molar-refractivity contribution < 1.29 is 9.47 Å². The van der Waals surface area contributed by atoms with E-state index in [1.165, 1.54) is 5.57 Å². The molecule has 5 heteroatoms. The normalized spacial score (nSPS) is 16.0. The first-order valence-electron chi connectivity index (χ1n) is 12.2. The molecule has 1 aromatic carbocycles. The Morgan fingerprint density at radius 1 is 1.15 bits per heavy atom. The van der Waals surface area contributed by atoms with Crippen molar-refractivity contribution in [2.45, 2.75) is 39.2 Å². The molecule has 1 aliphatic carbocycles. The van der Waals surface area contributed by atoms with Gasteiger partial charge in [0.15, 0.2) is 0 Å². The predicted molar refractivity (Wildman–Crippen MR) is 136 cm³/mol.